The summed E-state index contributed by atoms with van der Waals surface area (Å²) in [5.41, 5.74) is 2.47. The molecule has 94 valence electrons. The van der Waals surface area contributed by atoms with Crippen LogP contribution in [0.5, 0.6) is 0 Å². The van der Waals surface area contributed by atoms with Crippen molar-refractivity contribution in [2.45, 2.75) is 13.5 Å². The normalized spacial score (nSPS) is 10.4. The minimum absolute atomic E-state index is 0.257. The van der Waals surface area contributed by atoms with Crippen LogP contribution in [-0.4, -0.2) is 4.98 Å². The number of aryl methyl sites for hydroxylation is 1. The molecule has 0 atom stereocenters. The van der Waals surface area contributed by atoms with E-state index in [2.05, 4.69) is 10.3 Å². The third-order valence-corrected chi connectivity index (χ3v) is 3.02. The second-order valence-electron chi connectivity index (χ2n) is 3.92. The van der Waals surface area contributed by atoms with Crippen molar-refractivity contribution in [3.63, 3.8) is 0 Å². The maximum atomic E-state index is 13.0. The third kappa shape index (κ3) is 3.12. The fraction of sp³-hybridized carbons (Fsp3) is 0.154. The summed E-state index contributed by atoms with van der Waals surface area (Å²) in [5, 5.41) is 3.56. The number of anilines is 1. The van der Waals surface area contributed by atoms with Crippen molar-refractivity contribution in [2.24, 2.45) is 0 Å². The second-order valence-corrected chi connectivity index (χ2v) is 4.74. The number of pyridine rings is 1. The summed E-state index contributed by atoms with van der Waals surface area (Å²) in [6, 6.07) is 6.32. The van der Waals surface area contributed by atoms with E-state index in [-0.39, 0.29) is 10.0 Å². The van der Waals surface area contributed by atoms with Gasteiger partial charge in [-0.25, -0.2) is 4.39 Å². The molecular formula is C13H11Cl2FN2. The maximum absolute atomic E-state index is 13.0. The first-order valence-corrected chi connectivity index (χ1v) is 6.12. The van der Waals surface area contributed by atoms with E-state index in [9.17, 15) is 4.39 Å². The molecule has 0 fully saturated rings. The van der Waals surface area contributed by atoms with Crippen LogP contribution in [0.15, 0.2) is 30.5 Å². The molecule has 1 aromatic carbocycles. The molecule has 0 saturated carbocycles. The van der Waals surface area contributed by atoms with Gasteiger partial charge in [0.1, 0.15) is 5.82 Å². The van der Waals surface area contributed by atoms with E-state index in [1.165, 1.54) is 12.1 Å². The van der Waals surface area contributed by atoms with Gasteiger partial charge in [0, 0.05) is 6.20 Å². The van der Waals surface area contributed by atoms with E-state index < -0.39 is 5.82 Å². The van der Waals surface area contributed by atoms with Crippen LogP contribution in [0.1, 0.15) is 11.3 Å². The Morgan fingerprint density at radius 3 is 2.44 bits per heavy atom. The summed E-state index contributed by atoms with van der Waals surface area (Å²) < 4.78 is 13.0. The van der Waals surface area contributed by atoms with Gasteiger partial charge >= 0.3 is 0 Å². The van der Waals surface area contributed by atoms with Crippen molar-refractivity contribution >= 4 is 28.9 Å². The second kappa shape index (κ2) is 5.55. The van der Waals surface area contributed by atoms with E-state index in [1.54, 1.807) is 6.20 Å². The molecule has 0 aliphatic heterocycles. The van der Waals surface area contributed by atoms with Crippen molar-refractivity contribution in [1.29, 1.82) is 0 Å². The van der Waals surface area contributed by atoms with E-state index in [4.69, 9.17) is 23.2 Å². The molecule has 0 unspecified atom stereocenters. The first-order chi connectivity index (χ1) is 8.56. The SMILES string of the molecule is Cc1ccc(CNc2c(Cl)cc(F)cc2Cl)nc1. The number of benzene rings is 1. The van der Waals surface area contributed by atoms with Gasteiger partial charge in [-0.2, -0.15) is 0 Å². The van der Waals surface area contributed by atoms with Crippen LogP contribution in [0, 0.1) is 12.7 Å². The third-order valence-electron chi connectivity index (χ3n) is 2.43. The van der Waals surface area contributed by atoms with E-state index in [0.717, 1.165) is 11.3 Å². The van der Waals surface area contributed by atoms with Gasteiger partial charge in [0.25, 0.3) is 0 Å². The quantitative estimate of drug-likeness (QED) is 0.901. The standard InChI is InChI=1S/C13H11Cl2FN2/c1-8-2-3-10(17-6-8)7-18-13-11(14)4-9(16)5-12(13)15/h2-6,18H,7H2,1H3. The largest absolute Gasteiger partial charge is 0.377 e. The Morgan fingerprint density at radius 2 is 1.89 bits per heavy atom. The molecule has 0 aliphatic rings. The smallest absolute Gasteiger partial charge is 0.126 e. The van der Waals surface area contributed by atoms with Gasteiger partial charge in [0.15, 0.2) is 0 Å². The maximum Gasteiger partial charge on any atom is 0.126 e. The summed E-state index contributed by atoms with van der Waals surface area (Å²) in [4.78, 5) is 4.25. The Morgan fingerprint density at radius 1 is 1.22 bits per heavy atom. The number of nitrogens with zero attached hydrogens (tertiary/aromatic N) is 1. The van der Waals surface area contributed by atoms with Gasteiger partial charge < -0.3 is 5.32 Å². The highest BCUT2D eigenvalue weighted by molar-refractivity contribution is 6.39. The predicted octanol–water partition coefficient (Wildman–Crippen LogP) is 4.45. The highest BCUT2D eigenvalue weighted by atomic mass is 35.5. The Kier molecular flexibility index (Phi) is 4.04. The van der Waals surface area contributed by atoms with E-state index in [0.29, 0.717) is 12.2 Å². The highest BCUT2D eigenvalue weighted by Crippen LogP contribution is 2.31. The Labute approximate surface area is 115 Å². The van der Waals surface area contributed by atoms with Gasteiger partial charge in [-0.05, 0) is 30.7 Å². The highest BCUT2D eigenvalue weighted by Gasteiger charge is 2.08. The number of hydrogen-bond donors (Lipinski definition) is 1. The van der Waals surface area contributed by atoms with Gasteiger partial charge in [0.2, 0.25) is 0 Å². The molecule has 0 spiro atoms. The van der Waals surface area contributed by atoms with Crippen LogP contribution in [0.3, 0.4) is 0 Å². The molecule has 0 amide bonds. The molecule has 1 aromatic heterocycles. The predicted molar refractivity (Wildman–Crippen MR) is 72.7 cm³/mol. The molecule has 1 heterocycles. The molecule has 2 rings (SSSR count). The monoisotopic (exact) mass is 284 g/mol. The lowest BCUT2D eigenvalue weighted by atomic mass is 10.2. The number of hydrogen-bond acceptors (Lipinski definition) is 2. The fourth-order valence-corrected chi connectivity index (χ4v) is 2.09. The van der Waals surface area contributed by atoms with Crippen molar-refractivity contribution < 1.29 is 4.39 Å². The van der Waals surface area contributed by atoms with Gasteiger partial charge in [-0.1, -0.05) is 29.3 Å². The molecule has 2 aromatic rings. The molecule has 0 bridgehead atoms. The zero-order valence-electron chi connectivity index (χ0n) is 9.67. The summed E-state index contributed by atoms with van der Waals surface area (Å²) in [6.45, 7) is 2.45. The fourth-order valence-electron chi connectivity index (χ4n) is 1.49. The average Bonchev–Trinajstić information content (AvgIpc) is 2.30. The summed E-state index contributed by atoms with van der Waals surface area (Å²) in [6.07, 6.45) is 1.78. The lowest BCUT2D eigenvalue weighted by molar-refractivity contribution is 0.628. The Balaban J connectivity index is 2.13. The molecule has 5 heteroatoms. The number of rotatable bonds is 3. The minimum Gasteiger partial charge on any atom is -0.377 e. The van der Waals surface area contributed by atoms with Crippen LogP contribution in [0.2, 0.25) is 10.0 Å². The topological polar surface area (TPSA) is 24.9 Å². The Bertz CT molecular complexity index is 532. The molecule has 0 radical (unpaired) electrons. The Hall–Kier alpha value is -1.32. The van der Waals surface area contributed by atoms with Crippen LogP contribution < -0.4 is 5.32 Å². The lowest BCUT2D eigenvalue weighted by Crippen LogP contribution is -2.03. The van der Waals surface area contributed by atoms with Crippen molar-refractivity contribution in [3.8, 4) is 0 Å². The van der Waals surface area contributed by atoms with E-state index >= 15 is 0 Å². The zero-order chi connectivity index (χ0) is 13.1. The lowest BCUT2D eigenvalue weighted by Gasteiger charge is -2.10. The number of halogens is 3. The molecular weight excluding hydrogens is 274 g/mol. The first-order valence-electron chi connectivity index (χ1n) is 5.36. The summed E-state index contributed by atoms with van der Waals surface area (Å²) in [7, 11) is 0. The zero-order valence-corrected chi connectivity index (χ0v) is 11.2. The number of nitrogens with one attached hydrogen (secondary N) is 1. The molecule has 0 saturated heterocycles. The number of aromatic nitrogens is 1. The molecule has 0 aliphatic carbocycles. The van der Waals surface area contributed by atoms with Crippen LogP contribution >= 0.6 is 23.2 Å². The minimum atomic E-state index is -0.455. The first kappa shape index (κ1) is 13.1. The van der Waals surface area contributed by atoms with Crippen LogP contribution in [-0.2, 0) is 6.54 Å². The van der Waals surface area contributed by atoms with Gasteiger partial charge in [-0.15, -0.1) is 0 Å². The van der Waals surface area contributed by atoms with E-state index in [1.807, 2.05) is 19.1 Å². The van der Waals surface area contributed by atoms with Crippen molar-refractivity contribution in [1.82, 2.24) is 4.98 Å². The molecule has 18 heavy (non-hydrogen) atoms. The van der Waals surface area contributed by atoms with Crippen LogP contribution in [0.25, 0.3) is 0 Å². The van der Waals surface area contributed by atoms with Gasteiger partial charge in [0.05, 0.1) is 28.0 Å². The summed E-state index contributed by atoms with van der Waals surface area (Å²) in [5.74, 6) is -0.455. The average molecular weight is 285 g/mol. The van der Waals surface area contributed by atoms with Crippen molar-refractivity contribution in [3.05, 3.63) is 57.6 Å². The van der Waals surface area contributed by atoms with Crippen molar-refractivity contribution in [2.75, 3.05) is 5.32 Å². The van der Waals surface area contributed by atoms with Gasteiger partial charge in [-0.3, -0.25) is 4.98 Å². The molecule has 2 nitrogen and oxygen atoms in total. The van der Waals surface area contributed by atoms with Crippen LogP contribution in [0.4, 0.5) is 10.1 Å². The molecule has 1 N–H and O–H groups in total. The summed E-state index contributed by atoms with van der Waals surface area (Å²) >= 11 is 11.8.